The van der Waals surface area contributed by atoms with Gasteiger partial charge in [-0.2, -0.15) is 8.78 Å². The second kappa shape index (κ2) is 9.50. The van der Waals surface area contributed by atoms with Crippen LogP contribution in [-0.2, 0) is 0 Å². The summed E-state index contributed by atoms with van der Waals surface area (Å²) < 4.78 is 26.4. The Kier molecular flexibility index (Phi) is 7.28. The molecule has 0 saturated heterocycles. The van der Waals surface area contributed by atoms with Crippen molar-refractivity contribution in [2.75, 3.05) is 0 Å². The van der Waals surface area contributed by atoms with Crippen LogP contribution in [0.5, 0.6) is 0 Å². The van der Waals surface area contributed by atoms with E-state index in [1.165, 1.54) is 76.2 Å². The fraction of sp³-hybridized carbons (Fsp3) is 0.720. The average molecular weight is 391 g/mol. The first-order chi connectivity index (χ1) is 13.4. The molecule has 1 nitrogen and oxygen atoms in total. The number of halogens is 2. The Balaban J connectivity index is 1.47. The summed E-state index contributed by atoms with van der Waals surface area (Å²) in [4.78, 5) is 11.7. The molecule has 0 atom stereocenters. The summed E-state index contributed by atoms with van der Waals surface area (Å²) in [5.74, 6) is -1.09. The first kappa shape index (κ1) is 21.5. The van der Waals surface area contributed by atoms with Crippen LogP contribution in [0.3, 0.4) is 0 Å². The van der Waals surface area contributed by atoms with Gasteiger partial charge in [0, 0.05) is 12.5 Å². The van der Waals surface area contributed by atoms with Crippen molar-refractivity contribution in [2.45, 2.75) is 96.3 Å². The fourth-order valence-electron chi connectivity index (χ4n) is 5.53. The summed E-state index contributed by atoms with van der Waals surface area (Å²) in [7, 11) is 0. The van der Waals surface area contributed by atoms with E-state index in [1.807, 2.05) is 12.1 Å². The van der Waals surface area contributed by atoms with Crippen molar-refractivity contribution in [2.24, 2.45) is 17.8 Å². The molecule has 156 valence electrons. The number of unbranched alkanes of at least 4 members (excludes halogenated alkanes) is 1. The number of alkyl halides is 2. The SMILES string of the molecule is CCCCC1CCC(C2CCC(c3ccc(C(=O)C(C)(F)F)cc3)CC2)CC1. The van der Waals surface area contributed by atoms with E-state index in [1.54, 1.807) is 12.1 Å². The number of benzene rings is 1. The standard InChI is InChI=1S/C25H36F2O/c1-3-4-5-18-6-8-19(9-7-18)20-10-12-21(13-11-20)22-14-16-23(17-15-22)24(28)25(2,26)27/h14-21H,3-13H2,1-2H3. The van der Waals surface area contributed by atoms with Crippen molar-refractivity contribution in [1.29, 1.82) is 0 Å². The van der Waals surface area contributed by atoms with E-state index in [-0.39, 0.29) is 5.56 Å². The second-order valence-electron chi connectivity index (χ2n) is 9.37. The Labute approximate surface area is 169 Å². The zero-order chi connectivity index (χ0) is 20.1. The van der Waals surface area contributed by atoms with Crippen molar-refractivity contribution in [3.05, 3.63) is 35.4 Å². The molecule has 0 N–H and O–H groups in total. The van der Waals surface area contributed by atoms with Crippen molar-refractivity contribution in [1.82, 2.24) is 0 Å². The minimum atomic E-state index is -3.30. The summed E-state index contributed by atoms with van der Waals surface area (Å²) in [6.07, 6.45) is 14.8. The molecule has 0 aliphatic heterocycles. The maximum absolute atomic E-state index is 13.2. The van der Waals surface area contributed by atoms with E-state index >= 15 is 0 Å². The Morgan fingerprint density at radius 3 is 1.96 bits per heavy atom. The highest BCUT2D eigenvalue weighted by molar-refractivity contribution is 6.01. The molecule has 0 bridgehead atoms. The molecule has 2 aliphatic rings. The molecule has 28 heavy (non-hydrogen) atoms. The van der Waals surface area contributed by atoms with E-state index < -0.39 is 11.7 Å². The zero-order valence-electron chi connectivity index (χ0n) is 17.6. The third-order valence-electron chi connectivity index (χ3n) is 7.34. The second-order valence-corrected chi connectivity index (χ2v) is 9.37. The van der Waals surface area contributed by atoms with Crippen molar-refractivity contribution in [3.63, 3.8) is 0 Å². The maximum Gasteiger partial charge on any atom is 0.307 e. The molecule has 0 radical (unpaired) electrons. The molecule has 3 rings (SSSR count). The first-order valence-corrected chi connectivity index (χ1v) is 11.4. The Morgan fingerprint density at radius 2 is 1.46 bits per heavy atom. The van der Waals surface area contributed by atoms with E-state index in [2.05, 4.69) is 6.92 Å². The number of hydrogen-bond donors (Lipinski definition) is 0. The number of carbonyl (C=O) groups excluding carboxylic acids is 1. The largest absolute Gasteiger partial charge is 0.307 e. The zero-order valence-corrected chi connectivity index (χ0v) is 17.6. The van der Waals surface area contributed by atoms with Gasteiger partial charge in [0.15, 0.2) is 0 Å². The third-order valence-corrected chi connectivity index (χ3v) is 7.34. The minimum absolute atomic E-state index is 0.116. The lowest BCUT2D eigenvalue weighted by molar-refractivity contribution is 0.0221. The summed E-state index contributed by atoms with van der Waals surface area (Å²) in [6, 6.07) is 6.95. The van der Waals surface area contributed by atoms with Crippen LogP contribution in [0, 0.1) is 17.8 Å². The minimum Gasteiger partial charge on any atom is -0.287 e. The van der Waals surface area contributed by atoms with Gasteiger partial charge in [-0.05, 0) is 67.8 Å². The Morgan fingerprint density at radius 1 is 0.929 bits per heavy atom. The molecule has 0 heterocycles. The lowest BCUT2D eigenvalue weighted by Crippen LogP contribution is -2.25. The molecule has 0 spiro atoms. The average Bonchev–Trinajstić information content (AvgIpc) is 2.72. The molecular weight excluding hydrogens is 354 g/mol. The maximum atomic E-state index is 13.2. The van der Waals surface area contributed by atoms with Crippen molar-refractivity contribution in [3.8, 4) is 0 Å². The quantitative estimate of drug-likeness (QED) is 0.434. The molecule has 3 heteroatoms. The van der Waals surface area contributed by atoms with Crippen molar-refractivity contribution < 1.29 is 13.6 Å². The molecule has 0 aromatic heterocycles. The third kappa shape index (κ3) is 5.42. The first-order valence-electron chi connectivity index (χ1n) is 11.4. The lowest BCUT2D eigenvalue weighted by Gasteiger charge is -2.38. The van der Waals surface area contributed by atoms with E-state index in [4.69, 9.17) is 0 Å². The van der Waals surface area contributed by atoms with Gasteiger partial charge in [0.1, 0.15) is 0 Å². The monoisotopic (exact) mass is 390 g/mol. The number of Topliss-reactive ketones (excluding diaryl/α,β-unsaturated/α-hetero) is 1. The highest BCUT2D eigenvalue weighted by Crippen LogP contribution is 2.44. The fourth-order valence-corrected chi connectivity index (χ4v) is 5.53. The number of hydrogen-bond acceptors (Lipinski definition) is 1. The van der Waals surface area contributed by atoms with Crippen LogP contribution >= 0.6 is 0 Å². The van der Waals surface area contributed by atoms with Crippen LogP contribution in [0.2, 0.25) is 0 Å². The van der Waals surface area contributed by atoms with E-state index in [0.29, 0.717) is 12.8 Å². The van der Waals surface area contributed by atoms with Gasteiger partial charge in [0.2, 0.25) is 5.78 Å². The number of rotatable bonds is 7. The van der Waals surface area contributed by atoms with Gasteiger partial charge < -0.3 is 0 Å². The summed E-state index contributed by atoms with van der Waals surface area (Å²) in [5, 5.41) is 0. The summed E-state index contributed by atoms with van der Waals surface area (Å²) in [6.45, 7) is 2.95. The van der Waals surface area contributed by atoms with Gasteiger partial charge in [-0.3, -0.25) is 4.79 Å². The van der Waals surface area contributed by atoms with Crippen LogP contribution in [0.25, 0.3) is 0 Å². The normalized spacial score (nSPS) is 28.9. The van der Waals surface area contributed by atoms with Crippen LogP contribution in [0.1, 0.15) is 106 Å². The smallest absolute Gasteiger partial charge is 0.287 e. The molecule has 1 aromatic carbocycles. The molecule has 0 amide bonds. The topological polar surface area (TPSA) is 17.1 Å². The van der Waals surface area contributed by atoms with Crippen LogP contribution < -0.4 is 0 Å². The van der Waals surface area contributed by atoms with Crippen molar-refractivity contribution >= 4 is 5.78 Å². The van der Waals surface area contributed by atoms with E-state index in [9.17, 15) is 13.6 Å². The van der Waals surface area contributed by atoms with Crippen LogP contribution in [-0.4, -0.2) is 11.7 Å². The molecule has 2 saturated carbocycles. The lowest BCUT2D eigenvalue weighted by atomic mass is 9.68. The summed E-state index contributed by atoms with van der Waals surface area (Å²) >= 11 is 0. The molecule has 1 aromatic rings. The van der Waals surface area contributed by atoms with Gasteiger partial charge in [-0.1, -0.05) is 63.3 Å². The highest BCUT2D eigenvalue weighted by atomic mass is 19.3. The predicted octanol–water partition coefficient (Wildman–Crippen LogP) is 7.79. The Bertz CT molecular complexity index is 615. The van der Waals surface area contributed by atoms with Crippen LogP contribution in [0.15, 0.2) is 24.3 Å². The number of carbonyl (C=O) groups is 1. The van der Waals surface area contributed by atoms with Gasteiger partial charge in [0.05, 0.1) is 0 Å². The number of ketones is 1. The summed E-state index contributed by atoms with van der Waals surface area (Å²) in [5.41, 5.74) is 1.32. The van der Waals surface area contributed by atoms with E-state index in [0.717, 1.165) is 17.8 Å². The molecule has 2 aliphatic carbocycles. The van der Waals surface area contributed by atoms with Gasteiger partial charge in [-0.25, -0.2) is 0 Å². The van der Waals surface area contributed by atoms with Crippen LogP contribution in [0.4, 0.5) is 8.78 Å². The van der Waals surface area contributed by atoms with Gasteiger partial charge in [-0.15, -0.1) is 0 Å². The molecule has 2 fully saturated rings. The Hall–Kier alpha value is -1.25. The van der Waals surface area contributed by atoms with Gasteiger partial charge in [0.25, 0.3) is 0 Å². The predicted molar refractivity (Wildman–Crippen MR) is 111 cm³/mol. The molecule has 0 unspecified atom stereocenters. The molecular formula is C25H36F2O. The van der Waals surface area contributed by atoms with Gasteiger partial charge >= 0.3 is 5.92 Å². The highest BCUT2D eigenvalue weighted by Gasteiger charge is 2.34.